The van der Waals surface area contributed by atoms with Gasteiger partial charge in [-0.2, -0.15) is 5.26 Å². The zero-order chi connectivity index (χ0) is 13.2. The molecule has 0 heterocycles. The Kier molecular flexibility index (Phi) is 6.12. The van der Waals surface area contributed by atoms with Crippen LogP contribution in [0.1, 0.15) is 19.3 Å². The van der Waals surface area contributed by atoms with Gasteiger partial charge in [0.2, 0.25) is 0 Å². The summed E-state index contributed by atoms with van der Waals surface area (Å²) in [4.78, 5) is 11.5. The summed E-state index contributed by atoms with van der Waals surface area (Å²) in [5, 5.41) is 13.8. The lowest BCUT2D eigenvalue weighted by Gasteiger charge is -2.07. The molecule has 2 N–H and O–H groups in total. The molecule has 0 saturated carbocycles. The van der Waals surface area contributed by atoms with Gasteiger partial charge in [-0.25, -0.2) is 4.79 Å². The largest absolute Gasteiger partial charge is 0.497 e. The van der Waals surface area contributed by atoms with Crippen LogP contribution in [0, 0.1) is 11.3 Å². The lowest BCUT2D eigenvalue weighted by atomic mass is 10.2. The van der Waals surface area contributed by atoms with Crippen LogP contribution in [-0.2, 0) is 0 Å². The van der Waals surface area contributed by atoms with Crippen molar-refractivity contribution < 1.29 is 9.53 Å². The van der Waals surface area contributed by atoms with E-state index in [2.05, 4.69) is 16.7 Å². The quantitative estimate of drug-likeness (QED) is 0.758. The summed E-state index contributed by atoms with van der Waals surface area (Å²) < 4.78 is 5.02. The van der Waals surface area contributed by atoms with Gasteiger partial charge in [0.25, 0.3) is 0 Å². The maximum atomic E-state index is 11.5. The van der Waals surface area contributed by atoms with Crippen LogP contribution in [0.2, 0.25) is 0 Å². The third-order valence-electron chi connectivity index (χ3n) is 2.35. The van der Waals surface area contributed by atoms with Crippen molar-refractivity contribution in [3.05, 3.63) is 24.3 Å². The molecule has 0 bridgehead atoms. The number of benzene rings is 1. The molecule has 18 heavy (non-hydrogen) atoms. The number of ether oxygens (including phenoxy) is 1. The van der Waals surface area contributed by atoms with Crippen molar-refractivity contribution in [2.45, 2.75) is 19.3 Å². The van der Waals surface area contributed by atoms with E-state index in [0.717, 1.165) is 18.6 Å². The van der Waals surface area contributed by atoms with Gasteiger partial charge in [0.1, 0.15) is 5.75 Å². The van der Waals surface area contributed by atoms with Crippen LogP contribution >= 0.6 is 0 Å². The fourth-order valence-corrected chi connectivity index (χ4v) is 1.38. The summed E-state index contributed by atoms with van der Waals surface area (Å²) >= 11 is 0. The van der Waals surface area contributed by atoms with Crippen molar-refractivity contribution >= 4 is 11.7 Å². The highest BCUT2D eigenvalue weighted by atomic mass is 16.5. The van der Waals surface area contributed by atoms with Crippen molar-refractivity contribution in [2.24, 2.45) is 0 Å². The maximum Gasteiger partial charge on any atom is 0.319 e. The first-order chi connectivity index (χ1) is 8.76. The first kappa shape index (κ1) is 13.8. The van der Waals surface area contributed by atoms with E-state index in [9.17, 15) is 4.79 Å². The normalized spacial score (nSPS) is 9.33. The Balaban J connectivity index is 2.25. The molecule has 2 amide bonds. The predicted octanol–water partition coefficient (Wildman–Crippen LogP) is 2.51. The topological polar surface area (TPSA) is 74.2 Å². The van der Waals surface area contributed by atoms with E-state index in [0.29, 0.717) is 18.7 Å². The van der Waals surface area contributed by atoms with Gasteiger partial charge >= 0.3 is 6.03 Å². The molecule has 0 atom stereocenters. The number of carbonyl (C=O) groups is 1. The van der Waals surface area contributed by atoms with Gasteiger partial charge in [-0.05, 0) is 37.1 Å². The van der Waals surface area contributed by atoms with Gasteiger partial charge < -0.3 is 15.4 Å². The number of urea groups is 1. The Morgan fingerprint density at radius 1 is 1.33 bits per heavy atom. The van der Waals surface area contributed by atoms with Crippen molar-refractivity contribution in [1.29, 1.82) is 5.26 Å². The molecule has 5 nitrogen and oxygen atoms in total. The Labute approximate surface area is 107 Å². The smallest absolute Gasteiger partial charge is 0.319 e. The van der Waals surface area contributed by atoms with Crippen LogP contribution < -0.4 is 15.4 Å². The lowest BCUT2D eigenvalue weighted by Crippen LogP contribution is -2.29. The number of hydrogen-bond donors (Lipinski definition) is 2. The summed E-state index contributed by atoms with van der Waals surface area (Å²) in [5.74, 6) is 0.748. The summed E-state index contributed by atoms with van der Waals surface area (Å²) in [6.45, 7) is 0.573. The average Bonchev–Trinajstić information content (AvgIpc) is 2.39. The first-order valence-electron chi connectivity index (χ1n) is 5.82. The van der Waals surface area contributed by atoms with Crippen molar-refractivity contribution in [2.75, 3.05) is 19.0 Å². The first-order valence-corrected chi connectivity index (χ1v) is 5.82. The Morgan fingerprint density at radius 3 is 2.67 bits per heavy atom. The number of anilines is 1. The Hall–Kier alpha value is -2.22. The molecule has 0 spiro atoms. The van der Waals surface area contributed by atoms with E-state index in [1.54, 1.807) is 31.4 Å². The van der Waals surface area contributed by atoms with Crippen LogP contribution in [0.25, 0.3) is 0 Å². The number of rotatable bonds is 6. The van der Waals surface area contributed by atoms with Gasteiger partial charge in [0.05, 0.1) is 13.2 Å². The molecule has 1 aromatic rings. The monoisotopic (exact) mass is 247 g/mol. The van der Waals surface area contributed by atoms with Crippen molar-refractivity contribution in [1.82, 2.24) is 5.32 Å². The molecule has 0 aromatic heterocycles. The van der Waals surface area contributed by atoms with Crippen LogP contribution in [0.15, 0.2) is 24.3 Å². The number of amides is 2. The molecular formula is C13H17N3O2. The van der Waals surface area contributed by atoms with Gasteiger partial charge in [0.15, 0.2) is 0 Å². The highest BCUT2D eigenvalue weighted by molar-refractivity contribution is 5.89. The zero-order valence-corrected chi connectivity index (χ0v) is 10.4. The number of unbranched alkanes of at least 4 members (excludes halogenated alkanes) is 2. The molecule has 0 saturated heterocycles. The molecular weight excluding hydrogens is 230 g/mol. The number of methoxy groups -OCH3 is 1. The SMILES string of the molecule is COc1ccc(NC(=O)NCCCCC#N)cc1. The van der Waals surface area contributed by atoms with Crippen LogP contribution in [0.4, 0.5) is 10.5 Å². The minimum Gasteiger partial charge on any atom is -0.497 e. The lowest BCUT2D eigenvalue weighted by molar-refractivity contribution is 0.252. The van der Waals surface area contributed by atoms with Crippen LogP contribution in [0.5, 0.6) is 5.75 Å². The fraction of sp³-hybridized carbons (Fsp3) is 0.385. The van der Waals surface area contributed by atoms with Gasteiger partial charge in [-0.1, -0.05) is 0 Å². The van der Waals surface area contributed by atoms with Gasteiger partial charge in [-0.3, -0.25) is 0 Å². The maximum absolute atomic E-state index is 11.5. The van der Waals surface area contributed by atoms with Crippen molar-refractivity contribution in [3.8, 4) is 11.8 Å². The second-order valence-corrected chi connectivity index (χ2v) is 3.72. The summed E-state index contributed by atoms with van der Waals surface area (Å²) in [5.41, 5.74) is 0.713. The second kappa shape index (κ2) is 7.96. The predicted molar refractivity (Wildman–Crippen MR) is 69.5 cm³/mol. The van der Waals surface area contributed by atoms with E-state index in [-0.39, 0.29) is 6.03 Å². The third kappa shape index (κ3) is 5.21. The molecule has 5 heteroatoms. The second-order valence-electron chi connectivity index (χ2n) is 3.72. The van der Waals surface area contributed by atoms with E-state index >= 15 is 0 Å². The van der Waals surface area contributed by atoms with E-state index in [1.165, 1.54) is 0 Å². The third-order valence-corrected chi connectivity index (χ3v) is 2.35. The zero-order valence-electron chi connectivity index (χ0n) is 10.4. The highest BCUT2D eigenvalue weighted by Crippen LogP contribution is 2.14. The van der Waals surface area contributed by atoms with Gasteiger partial charge in [0, 0.05) is 18.7 Å². The molecule has 0 aliphatic carbocycles. The summed E-state index contributed by atoms with van der Waals surface area (Å²) in [6, 6.07) is 8.93. The molecule has 0 radical (unpaired) electrons. The van der Waals surface area contributed by atoms with Crippen LogP contribution in [0.3, 0.4) is 0 Å². The number of carbonyl (C=O) groups excluding carboxylic acids is 1. The highest BCUT2D eigenvalue weighted by Gasteiger charge is 2.00. The summed E-state index contributed by atoms with van der Waals surface area (Å²) in [6.07, 6.45) is 2.14. The Bertz CT molecular complexity index is 409. The van der Waals surface area contributed by atoms with E-state index in [4.69, 9.17) is 10.00 Å². The molecule has 96 valence electrons. The number of nitrogens with zero attached hydrogens (tertiary/aromatic N) is 1. The molecule has 0 fully saturated rings. The fourth-order valence-electron chi connectivity index (χ4n) is 1.38. The number of nitrogens with one attached hydrogen (secondary N) is 2. The molecule has 1 aromatic carbocycles. The molecule has 1 rings (SSSR count). The minimum atomic E-state index is -0.239. The average molecular weight is 247 g/mol. The Morgan fingerprint density at radius 2 is 2.06 bits per heavy atom. The standard InChI is InChI=1S/C13H17N3O2/c1-18-12-7-5-11(6-8-12)16-13(17)15-10-4-2-3-9-14/h5-8H,2-4,10H2,1H3,(H2,15,16,17). The van der Waals surface area contributed by atoms with Crippen LogP contribution in [-0.4, -0.2) is 19.7 Å². The molecule has 0 unspecified atom stereocenters. The number of nitriles is 1. The van der Waals surface area contributed by atoms with E-state index in [1.807, 2.05) is 0 Å². The van der Waals surface area contributed by atoms with E-state index < -0.39 is 0 Å². The number of hydrogen-bond acceptors (Lipinski definition) is 3. The van der Waals surface area contributed by atoms with Crippen molar-refractivity contribution in [3.63, 3.8) is 0 Å². The summed E-state index contributed by atoms with van der Waals surface area (Å²) in [7, 11) is 1.59. The molecule has 0 aliphatic heterocycles. The minimum absolute atomic E-state index is 0.239. The van der Waals surface area contributed by atoms with Gasteiger partial charge in [-0.15, -0.1) is 0 Å². The molecule has 0 aliphatic rings.